The molecule has 0 heterocycles. The van der Waals surface area contributed by atoms with Crippen LogP contribution in [0.1, 0.15) is 19.8 Å². The number of hydrogen-bond acceptors (Lipinski definition) is 3. The Morgan fingerprint density at radius 2 is 2.25 bits per heavy atom. The average molecular weight is 185 g/mol. The van der Waals surface area contributed by atoms with Crippen molar-refractivity contribution >= 4 is 16.5 Å². The van der Waals surface area contributed by atoms with Crippen molar-refractivity contribution in [2.24, 2.45) is 0 Å². The average Bonchev–Trinajstić information content (AvgIpc) is 2.10. The third-order valence-corrected chi connectivity index (χ3v) is 1.60. The van der Waals surface area contributed by atoms with Crippen LogP contribution in [0.3, 0.4) is 0 Å². The van der Waals surface area contributed by atoms with Gasteiger partial charge in [-0.3, -0.25) is 0 Å². The van der Waals surface area contributed by atoms with Gasteiger partial charge in [-0.15, -0.1) is 0 Å². The molecule has 0 aliphatic carbocycles. The second kappa shape index (κ2) is 7.06. The Bertz CT molecular complexity index is 166. The zero-order valence-corrected chi connectivity index (χ0v) is 8.42. The van der Waals surface area contributed by atoms with Crippen molar-refractivity contribution in [2.45, 2.75) is 19.8 Å². The Morgan fingerprint density at radius 3 is 2.75 bits per heavy atom. The fourth-order valence-electron chi connectivity index (χ4n) is 0.710. The Morgan fingerprint density at radius 1 is 1.58 bits per heavy atom. The summed E-state index contributed by atoms with van der Waals surface area (Å²) in [5.74, 6) is -0.343. The minimum Gasteiger partial charge on any atom is -0.513 e. The Hall–Kier alpha value is -0.613. The number of carbonyl (C=O) groups is 1. The quantitative estimate of drug-likeness (QED) is 0.364. The van der Waals surface area contributed by atoms with Crippen molar-refractivity contribution in [1.29, 1.82) is 0 Å². The minimum atomic E-state index is -0.343. The first-order valence-corrected chi connectivity index (χ1v) is 4.16. The van der Waals surface area contributed by atoms with E-state index in [4.69, 9.17) is 4.74 Å². The Kier molecular flexibility index (Phi) is 6.70. The molecular formula is C8H13O3Si. The van der Waals surface area contributed by atoms with Gasteiger partial charge < -0.3 is 9.16 Å². The predicted molar refractivity (Wildman–Crippen MR) is 46.7 cm³/mol. The molecule has 0 aliphatic heterocycles. The number of hydrogen-bond donors (Lipinski definition) is 0. The van der Waals surface area contributed by atoms with E-state index in [2.05, 4.69) is 14.9 Å². The maximum absolute atomic E-state index is 10.8. The lowest BCUT2D eigenvalue weighted by Gasteiger charge is -1.98. The van der Waals surface area contributed by atoms with Crippen LogP contribution in [0.25, 0.3) is 0 Å². The lowest BCUT2D eigenvalue weighted by Crippen LogP contribution is -2.02. The number of unbranched alkanes of at least 4 members (excludes halogenated alkanes) is 1. The summed E-state index contributed by atoms with van der Waals surface area (Å²) in [5, 5.41) is 0. The molecule has 3 radical (unpaired) electrons. The molecule has 0 saturated heterocycles. The van der Waals surface area contributed by atoms with Crippen molar-refractivity contribution in [3.8, 4) is 0 Å². The first-order valence-electron chi connectivity index (χ1n) is 3.76. The van der Waals surface area contributed by atoms with E-state index in [0.29, 0.717) is 12.2 Å². The Balaban J connectivity index is 3.61. The molecule has 67 valence electrons. The lowest BCUT2D eigenvalue weighted by molar-refractivity contribution is -0.129. The molecule has 0 spiro atoms. The van der Waals surface area contributed by atoms with E-state index in [1.165, 1.54) is 0 Å². The summed E-state index contributed by atoms with van der Waals surface area (Å²) in [7, 11) is 4.32. The second-order valence-corrected chi connectivity index (χ2v) is 2.62. The normalized spacial score (nSPS) is 11.4. The fraction of sp³-hybridized carbons (Fsp3) is 0.625. The number of ether oxygens (including phenoxy) is 1. The van der Waals surface area contributed by atoms with Crippen molar-refractivity contribution in [2.75, 3.05) is 13.7 Å². The largest absolute Gasteiger partial charge is 0.513 e. The molecule has 0 fully saturated rings. The standard InChI is InChI=1S/C8H13O3Si/c1-7(8(9)11-12)5-3-4-6-10-2/h5H,3-4,6H2,1-2H3/b7-5+. The molecule has 4 heteroatoms. The highest BCUT2D eigenvalue weighted by Crippen LogP contribution is 2.00. The van der Waals surface area contributed by atoms with Gasteiger partial charge in [-0.05, 0) is 19.8 Å². The van der Waals surface area contributed by atoms with E-state index in [1.54, 1.807) is 14.0 Å². The summed E-state index contributed by atoms with van der Waals surface area (Å²) in [6, 6.07) is 0. The van der Waals surface area contributed by atoms with Gasteiger partial charge in [0.25, 0.3) is 0 Å². The van der Waals surface area contributed by atoms with Crippen molar-refractivity contribution in [3.05, 3.63) is 11.6 Å². The number of methoxy groups -OCH3 is 1. The zero-order chi connectivity index (χ0) is 9.40. The third kappa shape index (κ3) is 5.09. The van der Waals surface area contributed by atoms with Crippen LogP contribution in [0.5, 0.6) is 0 Å². The highest BCUT2D eigenvalue weighted by Gasteiger charge is 2.00. The van der Waals surface area contributed by atoms with E-state index in [9.17, 15) is 4.79 Å². The van der Waals surface area contributed by atoms with E-state index in [-0.39, 0.29) is 5.97 Å². The molecule has 0 amide bonds. The highest BCUT2D eigenvalue weighted by molar-refractivity contribution is 6.09. The van der Waals surface area contributed by atoms with Crippen LogP contribution in [-0.2, 0) is 14.0 Å². The van der Waals surface area contributed by atoms with Crippen molar-refractivity contribution < 1.29 is 14.0 Å². The molecule has 0 bridgehead atoms. The summed E-state index contributed by atoms with van der Waals surface area (Å²) in [5.41, 5.74) is 0.612. The van der Waals surface area contributed by atoms with Gasteiger partial charge in [0.05, 0.1) is 0 Å². The van der Waals surface area contributed by atoms with E-state index < -0.39 is 0 Å². The molecule has 3 nitrogen and oxygen atoms in total. The molecule has 0 aromatic heterocycles. The Labute approximate surface area is 76.3 Å². The summed E-state index contributed by atoms with van der Waals surface area (Å²) in [6.07, 6.45) is 3.59. The van der Waals surface area contributed by atoms with Crippen molar-refractivity contribution in [1.82, 2.24) is 0 Å². The van der Waals surface area contributed by atoms with E-state index in [1.807, 2.05) is 6.08 Å². The summed E-state index contributed by atoms with van der Waals surface area (Å²) in [4.78, 5) is 10.8. The van der Waals surface area contributed by atoms with Crippen molar-refractivity contribution in [3.63, 3.8) is 0 Å². The van der Waals surface area contributed by atoms with Gasteiger partial charge in [0.1, 0.15) is 0 Å². The van der Waals surface area contributed by atoms with Gasteiger partial charge in [-0.1, -0.05) is 6.08 Å². The molecule has 0 saturated carbocycles. The van der Waals surface area contributed by atoms with E-state index in [0.717, 1.165) is 12.8 Å². The third-order valence-electron chi connectivity index (χ3n) is 1.42. The fourth-order valence-corrected chi connectivity index (χ4v) is 0.871. The summed E-state index contributed by atoms with van der Waals surface area (Å²) < 4.78 is 9.19. The van der Waals surface area contributed by atoms with Gasteiger partial charge in [0.2, 0.25) is 0 Å². The SMILES string of the molecule is COCCC/C=C(\C)C(=O)O[Si]. The molecule has 0 unspecified atom stereocenters. The predicted octanol–water partition coefficient (Wildman–Crippen LogP) is 0.986. The smallest absolute Gasteiger partial charge is 0.345 e. The van der Waals surface area contributed by atoms with Gasteiger partial charge in [-0.2, -0.15) is 0 Å². The number of allylic oxidation sites excluding steroid dienone is 1. The first-order chi connectivity index (χ1) is 5.72. The number of carbonyl (C=O) groups excluding carboxylic acids is 1. The molecule has 0 aliphatic rings. The molecule has 0 rings (SSSR count). The molecular weight excluding hydrogens is 172 g/mol. The maximum Gasteiger partial charge on any atom is 0.345 e. The first kappa shape index (κ1) is 11.4. The lowest BCUT2D eigenvalue weighted by atomic mass is 10.2. The highest BCUT2D eigenvalue weighted by atomic mass is 28.2. The van der Waals surface area contributed by atoms with Crippen LogP contribution in [0.15, 0.2) is 11.6 Å². The molecule has 0 N–H and O–H groups in total. The van der Waals surface area contributed by atoms with Crippen LogP contribution < -0.4 is 0 Å². The van der Waals surface area contributed by atoms with Crippen LogP contribution in [0, 0.1) is 0 Å². The molecule has 12 heavy (non-hydrogen) atoms. The second-order valence-electron chi connectivity index (χ2n) is 2.41. The summed E-state index contributed by atoms with van der Waals surface area (Å²) >= 11 is 0. The van der Waals surface area contributed by atoms with Gasteiger partial charge in [0, 0.05) is 19.3 Å². The van der Waals surface area contributed by atoms with Gasteiger partial charge >= 0.3 is 16.5 Å². The van der Waals surface area contributed by atoms with Crippen LogP contribution in [0.2, 0.25) is 0 Å². The molecule has 0 aromatic carbocycles. The van der Waals surface area contributed by atoms with E-state index >= 15 is 0 Å². The van der Waals surface area contributed by atoms with Gasteiger partial charge in [-0.25, -0.2) is 4.79 Å². The minimum absolute atomic E-state index is 0.343. The monoisotopic (exact) mass is 185 g/mol. The zero-order valence-electron chi connectivity index (χ0n) is 7.42. The van der Waals surface area contributed by atoms with Crippen LogP contribution >= 0.6 is 0 Å². The molecule has 0 aromatic rings. The topological polar surface area (TPSA) is 35.5 Å². The maximum atomic E-state index is 10.8. The number of rotatable bonds is 5. The van der Waals surface area contributed by atoms with Crippen LogP contribution in [-0.4, -0.2) is 30.2 Å². The van der Waals surface area contributed by atoms with Crippen LogP contribution in [0.4, 0.5) is 0 Å². The van der Waals surface area contributed by atoms with Gasteiger partial charge in [0.15, 0.2) is 0 Å². The summed E-state index contributed by atoms with van der Waals surface area (Å²) in [6.45, 7) is 2.43. The molecule has 0 atom stereocenters.